The minimum atomic E-state index is -3.88. The van der Waals surface area contributed by atoms with Gasteiger partial charge in [-0.05, 0) is 63.8 Å². The molecular formula is C19H26N2O5S. The number of nitrogens with zero attached hydrogens (tertiary/aromatic N) is 2. The number of ether oxygens (including phenoxy) is 1. The maximum atomic E-state index is 13.3. The molecule has 3 rings (SSSR count). The predicted molar refractivity (Wildman–Crippen MR) is 101 cm³/mol. The molecule has 1 unspecified atom stereocenters. The van der Waals surface area contributed by atoms with Crippen LogP contribution in [-0.2, 0) is 29.8 Å². The molecule has 1 aromatic rings. The Hall–Kier alpha value is -1.93. The summed E-state index contributed by atoms with van der Waals surface area (Å²) in [6.45, 7) is 5.78. The van der Waals surface area contributed by atoms with Crippen LogP contribution in [-0.4, -0.2) is 50.8 Å². The fraction of sp³-hybridized carbons (Fsp3) is 0.579. The van der Waals surface area contributed by atoms with Gasteiger partial charge in [-0.1, -0.05) is 0 Å². The maximum Gasteiger partial charge on any atom is 0.324 e. The normalized spacial score (nSPS) is 22.6. The van der Waals surface area contributed by atoms with Crippen LogP contribution in [0.2, 0.25) is 0 Å². The van der Waals surface area contributed by atoms with Gasteiger partial charge in [0.2, 0.25) is 15.9 Å². The molecule has 0 bridgehead atoms. The molecule has 0 saturated carbocycles. The molecule has 0 spiro atoms. The zero-order chi connectivity index (χ0) is 20.0. The smallest absolute Gasteiger partial charge is 0.324 e. The van der Waals surface area contributed by atoms with Gasteiger partial charge in [-0.25, -0.2) is 8.42 Å². The first-order valence-corrected chi connectivity index (χ1v) is 10.7. The van der Waals surface area contributed by atoms with E-state index in [1.807, 2.05) is 0 Å². The van der Waals surface area contributed by atoms with E-state index in [4.69, 9.17) is 4.74 Å². The Balaban J connectivity index is 2.02. The molecule has 1 amide bonds. The van der Waals surface area contributed by atoms with Crippen molar-refractivity contribution in [2.24, 2.45) is 0 Å². The molecule has 2 aliphatic heterocycles. The first-order chi connectivity index (χ1) is 12.6. The summed E-state index contributed by atoms with van der Waals surface area (Å²) in [6.07, 6.45) is 1.94. The Labute approximate surface area is 160 Å². The second-order valence-electron chi connectivity index (χ2n) is 7.55. The molecule has 0 aliphatic carbocycles. The summed E-state index contributed by atoms with van der Waals surface area (Å²) in [7, 11) is -2.19. The third kappa shape index (κ3) is 3.14. The summed E-state index contributed by atoms with van der Waals surface area (Å²) in [6, 6.07) is 3.95. The quantitative estimate of drug-likeness (QED) is 0.730. The fourth-order valence-corrected chi connectivity index (χ4v) is 5.59. The second kappa shape index (κ2) is 6.91. The average Bonchev–Trinajstić information content (AvgIpc) is 2.82. The molecule has 0 aromatic heterocycles. The van der Waals surface area contributed by atoms with Crippen LogP contribution in [0.1, 0.15) is 45.6 Å². The average molecular weight is 394 g/mol. The minimum absolute atomic E-state index is 0.0746. The molecule has 0 N–H and O–H groups in total. The number of piperidine rings is 1. The number of fused-ring (bicyclic) bond motifs is 1. The van der Waals surface area contributed by atoms with Gasteiger partial charge in [0.1, 0.15) is 6.04 Å². The van der Waals surface area contributed by atoms with Crippen molar-refractivity contribution < 1.29 is 22.7 Å². The maximum absolute atomic E-state index is 13.3. The summed E-state index contributed by atoms with van der Waals surface area (Å²) < 4.78 is 32.9. The number of esters is 1. The van der Waals surface area contributed by atoms with E-state index in [2.05, 4.69) is 0 Å². The summed E-state index contributed by atoms with van der Waals surface area (Å²) in [5, 5.41) is 0. The standard InChI is InChI=1S/C19H26N2O5S/c1-5-26-17(22)16-8-6-7-11-21(16)27(24,25)13-9-10-15-14(12-13)19(2,3)18(23)20(15)4/h9-10,12,16H,5-8,11H2,1-4H3. The Morgan fingerprint density at radius 2 is 2.00 bits per heavy atom. The van der Waals surface area contributed by atoms with Gasteiger partial charge in [0, 0.05) is 19.3 Å². The zero-order valence-corrected chi connectivity index (χ0v) is 17.0. The van der Waals surface area contributed by atoms with Crippen molar-refractivity contribution in [2.45, 2.75) is 56.4 Å². The van der Waals surface area contributed by atoms with Gasteiger partial charge in [-0.3, -0.25) is 9.59 Å². The van der Waals surface area contributed by atoms with Gasteiger partial charge in [0.15, 0.2) is 0 Å². The summed E-state index contributed by atoms with van der Waals surface area (Å²) >= 11 is 0. The van der Waals surface area contributed by atoms with Crippen molar-refractivity contribution in [3.8, 4) is 0 Å². The number of rotatable bonds is 4. The van der Waals surface area contributed by atoms with Crippen molar-refractivity contribution in [1.29, 1.82) is 0 Å². The number of hydrogen-bond donors (Lipinski definition) is 0. The lowest BCUT2D eigenvalue weighted by Crippen LogP contribution is -2.48. The summed E-state index contributed by atoms with van der Waals surface area (Å²) in [5.74, 6) is -0.577. The molecule has 0 radical (unpaired) electrons. The lowest BCUT2D eigenvalue weighted by molar-refractivity contribution is -0.148. The first kappa shape index (κ1) is 19.8. The van der Waals surface area contributed by atoms with Crippen molar-refractivity contribution in [3.05, 3.63) is 23.8 Å². The lowest BCUT2D eigenvalue weighted by Gasteiger charge is -2.33. The summed E-state index contributed by atoms with van der Waals surface area (Å²) in [4.78, 5) is 26.4. The van der Waals surface area contributed by atoms with Crippen molar-refractivity contribution >= 4 is 27.6 Å². The van der Waals surface area contributed by atoms with E-state index in [1.54, 1.807) is 44.9 Å². The van der Waals surface area contributed by atoms with E-state index in [1.165, 1.54) is 10.4 Å². The first-order valence-electron chi connectivity index (χ1n) is 9.23. The lowest BCUT2D eigenvalue weighted by atomic mass is 9.86. The van der Waals surface area contributed by atoms with E-state index in [9.17, 15) is 18.0 Å². The SMILES string of the molecule is CCOC(=O)C1CCCCN1S(=O)(=O)c1ccc2c(c1)C(C)(C)C(=O)N2C. The van der Waals surface area contributed by atoms with Crippen molar-refractivity contribution in [1.82, 2.24) is 4.31 Å². The number of sulfonamides is 1. The van der Waals surface area contributed by atoms with Crippen LogP contribution in [0.25, 0.3) is 0 Å². The topological polar surface area (TPSA) is 84.0 Å². The van der Waals surface area contributed by atoms with Gasteiger partial charge in [-0.2, -0.15) is 4.31 Å². The highest BCUT2D eigenvalue weighted by Crippen LogP contribution is 2.42. The van der Waals surface area contributed by atoms with Crippen LogP contribution in [0.3, 0.4) is 0 Å². The Kier molecular flexibility index (Phi) is 5.07. The van der Waals surface area contributed by atoms with E-state index in [-0.39, 0.29) is 24.0 Å². The van der Waals surface area contributed by atoms with Crippen LogP contribution < -0.4 is 4.90 Å². The largest absolute Gasteiger partial charge is 0.465 e. The minimum Gasteiger partial charge on any atom is -0.465 e. The van der Waals surface area contributed by atoms with Crippen LogP contribution in [0.4, 0.5) is 5.69 Å². The third-order valence-electron chi connectivity index (χ3n) is 5.46. The highest BCUT2D eigenvalue weighted by Gasteiger charge is 2.44. The van der Waals surface area contributed by atoms with Gasteiger partial charge in [-0.15, -0.1) is 0 Å². The molecule has 148 valence electrons. The molecule has 1 aromatic carbocycles. The molecule has 1 saturated heterocycles. The van der Waals surface area contributed by atoms with Gasteiger partial charge in [0.05, 0.1) is 16.9 Å². The van der Waals surface area contributed by atoms with Gasteiger partial charge in [0.25, 0.3) is 0 Å². The number of likely N-dealkylation sites (N-methyl/N-ethyl adjacent to an activating group) is 1. The number of amides is 1. The van der Waals surface area contributed by atoms with Gasteiger partial charge < -0.3 is 9.64 Å². The van der Waals surface area contributed by atoms with Crippen LogP contribution >= 0.6 is 0 Å². The number of carbonyl (C=O) groups excluding carboxylic acids is 2. The molecule has 27 heavy (non-hydrogen) atoms. The van der Waals surface area contributed by atoms with Gasteiger partial charge >= 0.3 is 5.97 Å². The fourth-order valence-electron chi connectivity index (χ4n) is 3.91. The zero-order valence-electron chi connectivity index (χ0n) is 16.2. The molecule has 7 nitrogen and oxygen atoms in total. The Morgan fingerprint density at radius 3 is 2.67 bits per heavy atom. The molecular weight excluding hydrogens is 368 g/mol. The monoisotopic (exact) mass is 394 g/mol. The predicted octanol–water partition coefficient (Wildman–Crippen LogP) is 2.05. The molecule has 2 heterocycles. The van der Waals surface area contributed by atoms with E-state index in [0.29, 0.717) is 24.1 Å². The Morgan fingerprint density at radius 1 is 1.30 bits per heavy atom. The number of carbonyl (C=O) groups is 2. The van der Waals surface area contributed by atoms with Crippen LogP contribution in [0.5, 0.6) is 0 Å². The van der Waals surface area contributed by atoms with Crippen LogP contribution in [0, 0.1) is 0 Å². The second-order valence-corrected chi connectivity index (χ2v) is 9.44. The number of anilines is 1. The molecule has 1 fully saturated rings. The highest BCUT2D eigenvalue weighted by atomic mass is 32.2. The Bertz CT molecular complexity index is 878. The van der Waals surface area contributed by atoms with Crippen molar-refractivity contribution in [2.75, 3.05) is 25.1 Å². The third-order valence-corrected chi connectivity index (χ3v) is 7.37. The molecule has 1 atom stereocenters. The number of hydrogen-bond acceptors (Lipinski definition) is 5. The molecule has 2 aliphatic rings. The van der Waals surface area contributed by atoms with E-state index in [0.717, 1.165) is 6.42 Å². The summed E-state index contributed by atoms with van der Waals surface area (Å²) in [5.41, 5.74) is 0.600. The molecule has 8 heteroatoms. The van der Waals surface area contributed by atoms with Crippen molar-refractivity contribution in [3.63, 3.8) is 0 Å². The van der Waals surface area contributed by atoms with E-state index >= 15 is 0 Å². The number of benzene rings is 1. The van der Waals surface area contributed by atoms with Crippen LogP contribution in [0.15, 0.2) is 23.1 Å². The highest BCUT2D eigenvalue weighted by molar-refractivity contribution is 7.89. The van der Waals surface area contributed by atoms with E-state index < -0.39 is 27.4 Å².